The number of imidazole rings is 1. The van der Waals surface area contributed by atoms with Crippen LogP contribution < -0.4 is 10.4 Å². The van der Waals surface area contributed by atoms with Crippen molar-refractivity contribution >= 4 is 0 Å². The fourth-order valence-electron chi connectivity index (χ4n) is 2.57. The third kappa shape index (κ3) is 2.24. The summed E-state index contributed by atoms with van der Waals surface area (Å²) in [5, 5.41) is 0. The highest BCUT2D eigenvalue weighted by atomic mass is 19.1. The molecule has 20 heavy (non-hydrogen) atoms. The predicted molar refractivity (Wildman–Crippen MR) is 73.6 cm³/mol. The summed E-state index contributed by atoms with van der Waals surface area (Å²) >= 11 is 0. The normalized spacial score (nSPS) is 17.3. The molecule has 1 unspecified atom stereocenters. The van der Waals surface area contributed by atoms with Gasteiger partial charge in [0.2, 0.25) is 0 Å². The van der Waals surface area contributed by atoms with E-state index in [-0.39, 0.29) is 23.7 Å². The summed E-state index contributed by atoms with van der Waals surface area (Å²) in [5.74, 6) is 0.462. The molecule has 106 valence electrons. The van der Waals surface area contributed by atoms with Gasteiger partial charge in [0.15, 0.2) is 0 Å². The Hall–Kier alpha value is -2.04. The van der Waals surface area contributed by atoms with Crippen molar-refractivity contribution < 1.29 is 9.13 Å². The van der Waals surface area contributed by atoms with Gasteiger partial charge in [-0.2, -0.15) is 0 Å². The molecule has 0 radical (unpaired) electrons. The highest BCUT2D eigenvalue weighted by Gasteiger charge is 2.24. The minimum absolute atomic E-state index is 0.0364. The zero-order chi connectivity index (χ0) is 14.3. The van der Waals surface area contributed by atoms with Gasteiger partial charge in [-0.25, -0.2) is 9.18 Å². The van der Waals surface area contributed by atoms with Crippen molar-refractivity contribution in [2.45, 2.75) is 39.0 Å². The SMILES string of the molecule is CC(C)n1ccn(CC2Cc3cc(F)ccc3O2)c1=O. The van der Waals surface area contributed by atoms with Crippen LogP contribution in [-0.2, 0) is 13.0 Å². The molecule has 0 saturated heterocycles. The first-order valence-electron chi connectivity index (χ1n) is 6.77. The van der Waals surface area contributed by atoms with Gasteiger partial charge >= 0.3 is 5.69 Å². The Bertz CT molecular complexity index is 687. The van der Waals surface area contributed by atoms with Crippen LogP contribution in [0.15, 0.2) is 35.4 Å². The summed E-state index contributed by atoms with van der Waals surface area (Å²) in [6, 6.07) is 4.67. The zero-order valence-electron chi connectivity index (χ0n) is 11.5. The minimum Gasteiger partial charge on any atom is -0.488 e. The summed E-state index contributed by atoms with van der Waals surface area (Å²) in [7, 11) is 0. The van der Waals surface area contributed by atoms with Gasteiger partial charge in [-0.1, -0.05) is 0 Å². The summed E-state index contributed by atoms with van der Waals surface area (Å²) in [6.07, 6.45) is 4.07. The average molecular weight is 276 g/mol. The van der Waals surface area contributed by atoms with E-state index < -0.39 is 0 Å². The molecule has 0 amide bonds. The van der Waals surface area contributed by atoms with Crippen LogP contribution in [0.5, 0.6) is 5.75 Å². The van der Waals surface area contributed by atoms with Crippen molar-refractivity contribution in [1.29, 1.82) is 0 Å². The smallest absolute Gasteiger partial charge is 0.328 e. The highest BCUT2D eigenvalue weighted by Crippen LogP contribution is 2.29. The van der Waals surface area contributed by atoms with E-state index in [0.29, 0.717) is 18.7 Å². The van der Waals surface area contributed by atoms with Crippen LogP contribution in [0.3, 0.4) is 0 Å². The molecule has 5 heteroatoms. The lowest BCUT2D eigenvalue weighted by Gasteiger charge is -2.11. The van der Waals surface area contributed by atoms with E-state index in [1.165, 1.54) is 12.1 Å². The second-order valence-corrected chi connectivity index (χ2v) is 5.43. The van der Waals surface area contributed by atoms with E-state index in [4.69, 9.17) is 4.74 Å². The second kappa shape index (κ2) is 4.81. The number of hydrogen-bond acceptors (Lipinski definition) is 2. The van der Waals surface area contributed by atoms with E-state index in [2.05, 4.69) is 0 Å². The maximum absolute atomic E-state index is 13.2. The Kier molecular flexibility index (Phi) is 3.12. The molecule has 2 heterocycles. The number of rotatable bonds is 3. The number of nitrogens with zero attached hydrogens (tertiary/aromatic N) is 2. The molecule has 2 aromatic rings. The zero-order valence-corrected chi connectivity index (χ0v) is 11.5. The Morgan fingerprint density at radius 2 is 2.20 bits per heavy atom. The third-order valence-electron chi connectivity index (χ3n) is 3.59. The fourth-order valence-corrected chi connectivity index (χ4v) is 2.57. The lowest BCUT2D eigenvalue weighted by Crippen LogP contribution is -2.30. The van der Waals surface area contributed by atoms with Crippen LogP contribution >= 0.6 is 0 Å². The van der Waals surface area contributed by atoms with Crippen molar-refractivity contribution in [3.8, 4) is 5.75 Å². The van der Waals surface area contributed by atoms with Gasteiger partial charge in [-0.15, -0.1) is 0 Å². The van der Waals surface area contributed by atoms with Crippen molar-refractivity contribution in [2.75, 3.05) is 0 Å². The Morgan fingerprint density at radius 1 is 1.40 bits per heavy atom. The first-order valence-corrected chi connectivity index (χ1v) is 6.77. The molecule has 0 bridgehead atoms. The summed E-state index contributed by atoms with van der Waals surface area (Å²) in [5.41, 5.74) is 0.831. The Morgan fingerprint density at radius 3 is 2.90 bits per heavy atom. The molecule has 1 aromatic carbocycles. The van der Waals surface area contributed by atoms with Crippen molar-refractivity contribution in [3.05, 3.63) is 52.5 Å². The summed E-state index contributed by atoms with van der Waals surface area (Å²) in [4.78, 5) is 12.1. The number of hydrogen-bond donors (Lipinski definition) is 0. The fraction of sp³-hybridized carbons (Fsp3) is 0.400. The maximum Gasteiger partial charge on any atom is 0.328 e. The van der Waals surface area contributed by atoms with Crippen molar-refractivity contribution in [2.24, 2.45) is 0 Å². The molecule has 0 fully saturated rings. The average Bonchev–Trinajstić information content (AvgIpc) is 2.93. The first-order chi connectivity index (χ1) is 9.54. The molecule has 0 N–H and O–H groups in total. The van der Waals surface area contributed by atoms with Crippen LogP contribution in [0.1, 0.15) is 25.5 Å². The van der Waals surface area contributed by atoms with E-state index in [1.807, 2.05) is 13.8 Å². The molecule has 0 spiro atoms. The van der Waals surface area contributed by atoms with Crippen LogP contribution in [-0.4, -0.2) is 15.2 Å². The lowest BCUT2D eigenvalue weighted by molar-refractivity contribution is 0.207. The van der Waals surface area contributed by atoms with E-state index >= 15 is 0 Å². The molecule has 1 aromatic heterocycles. The van der Waals surface area contributed by atoms with Crippen LogP contribution in [0.4, 0.5) is 4.39 Å². The van der Waals surface area contributed by atoms with Crippen molar-refractivity contribution in [1.82, 2.24) is 9.13 Å². The lowest BCUT2D eigenvalue weighted by atomic mass is 10.1. The number of halogens is 1. The number of benzene rings is 1. The number of aromatic nitrogens is 2. The van der Waals surface area contributed by atoms with Gasteiger partial charge < -0.3 is 4.74 Å². The van der Waals surface area contributed by atoms with Crippen LogP contribution in [0, 0.1) is 5.82 Å². The van der Waals surface area contributed by atoms with Crippen LogP contribution in [0.25, 0.3) is 0 Å². The summed E-state index contributed by atoms with van der Waals surface area (Å²) < 4.78 is 22.2. The number of ether oxygens (including phenoxy) is 1. The largest absolute Gasteiger partial charge is 0.488 e. The number of fused-ring (bicyclic) bond motifs is 1. The molecule has 1 atom stereocenters. The van der Waals surface area contributed by atoms with E-state index in [0.717, 1.165) is 5.56 Å². The van der Waals surface area contributed by atoms with Gasteiger partial charge in [0.05, 0.1) is 6.54 Å². The summed E-state index contributed by atoms with van der Waals surface area (Å²) in [6.45, 7) is 4.42. The minimum atomic E-state index is -0.254. The monoisotopic (exact) mass is 276 g/mol. The third-order valence-corrected chi connectivity index (χ3v) is 3.59. The topological polar surface area (TPSA) is 36.2 Å². The maximum atomic E-state index is 13.2. The van der Waals surface area contributed by atoms with E-state index in [9.17, 15) is 9.18 Å². The second-order valence-electron chi connectivity index (χ2n) is 5.43. The van der Waals surface area contributed by atoms with Crippen LogP contribution in [0.2, 0.25) is 0 Å². The molecule has 1 aliphatic rings. The molecule has 1 aliphatic heterocycles. The molecule has 0 saturated carbocycles. The predicted octanol–water partition coefficient (Wildman–Crippen LogP) is 2.37. The molecule has 0 aliphatic carbocycles. The van der Waals surface area contributed by atoms with Crippen molar-refractivity contribution in [3.63, 3.8) is 0 Å². The first kappa shape index (κ1) is 13.0. The van der Waals surface area contributed by atoms with Gasteiger partial charge in [0.25, 0.3) is 0 Å². The molecular weight excluding hydrogens is 259 g/mol. The molecular formula is C15H17FN2O2. The van der Waals surface area contributed by atoms with Gasteiger partial charge in [-0.05, 0) is 32.0 Å². The Balaban J connectivity index is 1.77. The standard InChI is InChI=1S/C15H17FN2O2/c1-10(2)18-6-5-17(15(18)19)9-13-8-11-7-12(16)3-4-14(11)20-13/h3-7,10,13H,8-9H2,1-2H3. The molecule has 3 rings (SSSR count). The van der Waals surface area contributed by atoms with Gasteiger partial charge in [0.1, 0.15) is 17.7 Å². The molecule has 4 nitrogen and oxygen atoms in total. The highest BCUT2D eigenvalue weighted by molar-refractivity contribution is 5.37. The van der Waals surface area contributed by atoms with E-state index in [1.54, 1.807) is 27.6 Å². The van der Waals surface area contributed by atoms with Gasteiger partial charge in [0, 0.05) is 30.4 Å². The quantitative estimate of drug-likeness (QED) is 0.863. The Labute approximate surface area is 116 Å². The van der Waals surface area contributed by atoms with Gasteiger partial charge in [-0.3, -0.25) is 9.13 Å².